The zero-order chi connectivity index (χ0) is 20.1. The minimum atomic E-state index is -0.370. The summed E-state index contributed by atoms with van der Waals surface area (Å²) < 4.78 is 0. The van der Waals surface area contributed by atoms with Crippen LogP contribution in [-0.4, -0.2) is 35.0 Å². The normalized spacial score (nSPS) is 15.4. The maximum absolute atomic E-state index is 12.5. The smallest absolute Gasteiger partial charge is 0.293 e. The summed E-state index contributed by atoms with van der Waals surface area (Å²) in [7, 11) is 0. The first kappa shape index (κ1) is 20.5. The number of rotatable bonds is 6. The summed E-state index contributed by atoms with van der Waals surface area (Å²) in [5.41, 5.74) is 1.50. The first-order valence-corrected chi connectivity index (χ1v) is 10.0. The SMILES string of the molecule is O=C(Cc1ccccc1Cl)NCCN1C(=O)SC(=Cc2ccc(Cl)cc2)C1=O. The summed E-state index contributed by atoms with van der Waals surface area (Å²) in [6.45, 7) is 0.284. The molecule has 0 unspecified atom stereocenters. The third kappa shape index (κ3) is 5.16. The van der Waals surface area contributed by atoms with Gasteiger partial charge in [-0.1, -0.05) is 53.5 Å². The van der Waals surface area contributed by atoms with Crippen LogP contribution in [-0.2, 0) is 16.0 Å². The summed E-state index contributed by atoms with van der Waals surface area (Å²) in [4.78, 5) is 38.1. The van der Waals surface area contributed by atoms with Crippen molar-refractivity contribution in [1.29, 1.82) is 0 Å². The van der Waals surface area contributed by atoms with Crippen molar-refractivity contribution < 1.29 is 14.4 Å². The molecule has 28 heavy (non-hydrogen) atoms. The van der Waals surface area contributed by atoms with Crippen LogP contribution in [0, 0.1) is 0 Å². The van der Waals surface area contributed by atoms with Crippen LogP contribution < -0.4 is 5.32 Å². The van der Waals surface area contributed by atoms with Gasteiger partial charge in [-0.2, -0.15) is 0 Å². The van der Waals surface area contributed by atoms with E-state index in [9.17, 15) is 14.4 Å². The van der Waals surface area contributed by atoms with Gasteiger partial charge in [-0.3, -0.25) is 19.3 Å². The van der Waals surface area contributed by atoms with E-state index < -0.39 is 0 Å². The molecule has 1 saturated heterocycles. The molecule has 5 nitrogen and oxygen atoms in total. The largest absolute Gasteiger partial charge is 0.354 e. The highest BCUT2D eigenvalue weighted by molar-refractivity contribution is 8.18. The number of nitrogens with one attached hydrogen (secondary N) is 1. The summed E-state index contributed by atoms with van der Waals surface area (Å²) >= 11 is 12.8. The molecule has 3 amide bonds. The average molecular weight is 435 g/mol. The monoisotopic (exact) mass is 434 g/mol. The second-order valence-electron chi connectivity index (χ2n) is 6.00. The lowest BCUT2D eigenvalue weighted by atomic mass is 10.1. The first-order chi connectivity index (χ1) is 13.4. The summed E-state index contributed by atoms with van der Waals surface area (Å²) in [5.74, 6) is -0.595. The second kappa shape index (κ2) is 9.28. The quantitative estimate of drug-likeness (QED) is 0.684. The highest BCUT2D eigenvalue weighted by atomic mass is 35.5. The number of hydrogen-bond donors (Lipinski definition) is 1. The van der Waals surface area contributed by atoms with Crippen molar-refractivity contribution >= 4 is 58.1 Å². The molecule has 1 N–H and O–H groups in total. The first-order valence-electron chi connectivity index (χ1n) is 8.45. The van der Waals surface area contributed by atoms with E-state index in [0.717, 1.165) is 27.8 Å². The van der Waals surface area contributed by atoms with E-state index in [-0.39, 0.29) is 36.6 Å². The number of carbonyl (C=O) groups excluding carboxylic acids is 3. The van der Waals surface area contributed by atoms with Gasteiger partial charge in [0.1, 0.15) is 0 Å². The summed E-state index contributed by atoms with van der Waals surface area (Å²) in [6, 6.07) is 14.1. The van der Waals surface area contributed by atoms with Crippen LogP contribution in [0.1, 0.15) is 11.1 Å². The Morgan fingerprint density at radius 3 is 2.50 bits per heavy atom. The summed E-state index contributed by atoms with van der Waals surface area (Å²) in [6.07, 6.45) is 1.79. The zero-order valence-corrected chi connectivity index (χ0v) is 17.0. The molecule has 1 heterocycles. The van der Waals surface area contributed by atoms with Crippen molar-refractivity contribution in [2.75, 3.05) is 13.1 Å². The molecule has 1 aliphatic rings. The fourth-order valence-electron chi connectivity index (χ4n) is 2.59. The van der Waals surface area contributed by atoms with E-state index >= 15 is 0 Å². The molecule has 2 aromatic rings. The number of amides is 3. The highest BCUT2D eigenvalue weighted by Crippen LogP contribution is 2.32. The number of halogens is 2. The number of imide groups is 1. The van der Waals surface area contributed by atoms with Gasteiger partial charge in [0.2, 0.25) is 5.91 Å². The van der Waals surface area contributed by atoms with Crippen molar-refractivity contribution in [3.8, 4) is 0 Å². The lowest BCUT2D eigenvalue weighted by Gasteiger charge is -2.13. The molecule has 0 saturated carbocycles. The van der Waals surface area contributed by atoms with Crippen LogP contribution in [0.5, 0.6) is 0 Å². The fraction of sp³-hybridized carbons (Fsp3) is 0.150. The molecule has 0 aromatic heterocycles. The third-order valence-corrected chi connectivity index (χ3v) is 5.54. The Kier molecular flexibility index (Phi) is 6.78. The molecule has 0 bridgehead atoms. The molecule has 1 aliphatic heterocycles. The van der Waals surface area contributed by atoms with Crippen LogP contribution in [0.3, 0.4) is 0 Å². The van der Waals surface area contributed by atoms with Gasteiger partial charge in [0.25, 0.3) is 11.1 Å². The summed E-state index contributed by atoms with van der Waals surface area (Å²) in [5, 5.41) is 3.47. The third-order valence-electron chi connectivity index (χ3n) is 4.01. The van der Waals surface area contributed by atoms with Gasteiger partial charge in [-0.25, -0.2) is 0 Å². The van der Waals surface area contributed by atoms with Crippen molar-refractivity contribution in [3.05, 3.63) is 74.6 Å². The maximum Gasteiger partial charge on any atom is 0.293 e. The van der Waals surface area contributed by atoms with Crippen LogP contribution in [0.4, 0.5) is 4.79 Å². The topological polar surface area (TPSA) is 66.5 Å². The minimum absolute atomic E-state index is 0.108. The molecular weight excluding hydrogens is 419 g/mol. The molecule has 144 valence electrons. The Balaban J connectivity index is 1.54. The van der Waals surface area contributed by atoms with E-state index in [1.54, 1.807) is 48.5 Å². The van der Waals surface area contributed by atoms with E-state index in [1.807, 2.05) is 6.07 Å². The number of hydrogen-bond acceptors (Lipinski definition) is 4. The standard InChI is InChI=1S/C20H16Cl2N2O3S/c21-15-7-5-13(6-8-15)11-17-19(26)24(20(27)28-17)10-9-23-18(25)12-14-3-1-2-4-16(14)22/h1-8,11H,9-10,12H2,(H,23,25). The van der Waals surface area contributed by atoms with Gasteiger partial charge in [-0.05, 0) is 47.2 Å². The lowest BCUT2D eigenvalue weighted by molar-refractivity contribution is -0.124. The van der Waals surface area contributed by atoms with E-state index in [4.69, 9.17) is 23.2 Å². The maximum atomic E-state index is 12.5. The highest BCUT2D eigenvalue weighted by Gasteiger charge is 2.34. The molecular formula is C20H16Cl2N2O3S. The fourth-order valence-corrected chi connectivity index (χ4v) is 3.78. The second-order valence-corrected chi connectivity index (χ2v) is 7.84. The van der Waals surface area contributed by atoms with Gasteiger partial charge < -0.3 is 5.32 Å². The average Bonchev–Trinajstić information content (AvgIpc) is 2.93. The molecule has 1 fully saturated rings. The molecule has 0 aliphatic carbocycles. The van der Waals surface area contributed by atoms with Crippen molar-refractivity contribution in [1.82, 2.24) is 10.2 Å². The molecule has 2 aromatic carbocycles. The van der Waals surface area contributed by atoms with E-state index in [1.165, 1.54) is 0 Å². The number of nitrogens with zero attached hydrogens (tertiary/aromatic N) is 1. The Morgan fingerprint density at radius 2 is 1.79 bits per heavy atom. The number of benzene rings is 2. The van der Waals surface area contributed by atoms with Gasteiger partial charge >= 0.3 is 0 Å². The predicted octanol–water partition coefficient (Wildman–Crippen LogP) is 4.39. The van der Waals surface area contributed by atoms with Crippen LogP contribution >= 0.6 is 35.0 Å². The molecule has 8 heteroatoms. The van der Waals surface area contributed by atoms with Crippen LogP contribution in [0.15, 0.2) is 53.4 Å². The molecule has 0 spiro atoms. The van der Waals surface area contributed by atoms with Gasteiger partial charge in [0.15, 0.2) is 0 Å². The van der Waals surface area contributed by atoms with Crippen LogP contribution in [0.2, 0.25) is 10.0 Å². The molecule has 3 rings (SSSR count). The number of thioether (sulfide) groups is 1. The van der Waals surface area contributed by atoms with Crippen molar-refractivity contribution in [3.63, 3.8) is 0 Å². The molecule has 0 radical (unpaired) electrons. The predicted molar refractivity (Wildman–Crippen MR) is 112 cm³/mol. The Bertz CT molecular complexity index is 945. The number of carbonyl (C=O) groups is 3. The van der Waals surface area contributed by atoms with Gasteiger partial charge in [0.05, 0.1) is 11.3 Å². The molecule has 0 atom stereocenters. The Hall–Kier alpha value is -2.28. The van der Waals surface area contributed by atoms with Gasteiger partial charge in [0, 0.05) is 23.1 Å². The van der Waals surface area contributed by atoms with E-state index in [0.29, 0.717) is 15.0 Å². The van der Waals surface area contributed by atoms with Crippen molar-refractivity contribution in [2.24, 2.45) is 0 Å². The Labute approximate surface area is 176 Å². The van der Waals surface area contributed by atoms with E-state index in [2.05, 4.69) is 5.32 Å². The van der Waals surface area contributed by atoms with Gasteiger partial charge in [-0.15, -0.1) is 0 Å². The van der Waals surface area contributed by atoms with Crippen molar-refractivity contribution in [2.45, 2.75) is 6.42 Å². The minimum Gasteiger partial charge on any atom is -0.354 e. The zero-order valence-electron chi connectivity index (χ0n) is 14.7. The lowest BCUT2D eigenvalue weighted by Crippen LogP contribution is -2.37. The van der Waals surface area contributed by atoms with Crippen LogP contribution in [0.25, 0.3) is 6.08 Å². The Morgan fingerprint density at radius 1 is 1.07 bits per heavy atom.